The van der Waals surface area contributed by atoms with Gasteiger partial charge in [0.05, 0.1) is 0 Å². The van der Waals surface area contributed by atoms with E-state index in [-0.39, 0.29) is 0 Å². The van der Waals surface area contributed by atoms with E-state index < -0.39 is 6.23 Å². The van der Waals surface area contributed by atoms with E-state index in [4.69, 9.17) is 0 Å². The van der Waals surface area contributed by atoms with Crippen LogP contribution in [-0.2, 0) is 4.74 Å². The molecule has 0 saturated carbocycles. The van der Waals surface area contributed by atoms with Crippen LogP contribution >= 0.6 is 0 Å². The second-order valence-electron chi connectivity index (χ2n) is 0.971. The van der Waals surface area contributed by atoms with Gasteiger partial charge in [-0.2, -0.15) is 8.78 Å². The lowest BCUT2D eigenvalue weighted by molar-refractivity contribution is -0.239. The van der Waals surface area contributed by atoms with Gasteiger partial charge in [0.1, 0.15) is 0 Å². The highest BCUT2D eigenvalue weighted by Crippen LogP contribution is 2.05. The average molecular weight is 111 g/mol. The highest BCUT2D eigenvalue weighted by atomic mass is 19.3. The molecule has 0 aromatic heterocycles. The molecule has 1 N–H and O–H groups in total. The number of rotatable bonds is 2. The van der Waals surface area contributed by atoms with Gasteiger partial charge in [-0.1, -0.05) is 0 Å². The van der Waals surface area contributed by atoms with Crippen LogP contribution in [0.2, 0.25) is 0 Å². The minimum Gasteiger partial charge on any atom is -0.310 e. The minimum atomic E-state index is -3.17. The number of ether oxygens (including phenoxy) is 1. The van der Waals surface area contributed by atoms with Crippen molar-refractivity contribution in [1.29, 1.82) is 0 Å². The lowest BCUT2D eigenvalue weighted by atomic mass is 11.0. The summed E-state index contributed by atoms with van der Waals surface area (Å²) >= 11 is 0. The summed E-state index contributed by atoms with van der Waals surface area (Å²) in [5, 5.41) is 1.64. The summed E-state index contributed by atoms with van der Waals surface area (Å²) in [5.41, 5.74) is 0. The van der Waals surface area contributed by atoms with Gasteiger partial charge in [-0.05, 0) is 7.05 Å². The molecular formula is C3H7F2NO. The largest absolute Gasteiger partial charge is 0.421 e. The van der Waals surface area contributed by atoms with Crippen LogP contribution in [0.4, 0.5) is 8.78 Å². The van der Waals surface area contributed by atoms with Crippen LogP contribution < -0.4 is 5.32 Å². The summed E-state index contributed by atoms with van der Waals surface area (Å²) in [5.74, 6) is 0. The number of hydrogen-bond donors (Lipinski definition) is 1. The van der Waals surface area contributed by atoms with E-state index in [0.717, 1.165) is 14.2 Å². The standard InChI is InChI=1S/C3H7F2NO/c1-6-3(4,5)7-2/h6H,1-2H3. The second-order valence-corrected chi connectivity index (χ2v) is 0.971. The lowest BCUT2D eigenvalue weighted by Crippen LogP contribution is -2.34. The van der Waals surface area contributed by atoms with Crippen molar-refractivity contribution in [2.24, 2.45) is 0 Å². The SMILES string of the molecule is CNC(F)(F)OC. The van der Waals surface area contributed by atoms with Crippen molar-refractivity contribution in [2.75, 3.05) is 14.2 Å². The van der Waals surface area contributed by atoms with Gasteiger partial charge in [-0.15, -0.1) is 0 Å². The van der Waals surface area contributed by atoms with Crippen LogP contribution in [0.3, 0.4) is 0 Å². The van der Waals surface area contributed by atoms with Crippen LogP contribution in [0, 0.1) is 0 Å². The summed E-state index contributed by atoms with van der Waals surface area (Å²) in [6, 6.07) is 0. The molecule has 0 aromatic carbocycles. The molecule has 44 valence electrons. The second kappa shape index (κ2) is 2.18. The smallest absolute Gasteiger partial charge is 0.310 e. The quantitative estimate of drug-likeness (QED) is 0.411. The summed E-state index contributed by atoms with van der Waals surface area (Å²) in [6.45, 7) is 0. The van der Waals surface area contributed by atoms with Gasteiger partial charge in [0.15, 0.2) is 0 Å². The molecule has 0 amide bonds. The van der Waals surface area contributed by atoms with Crippen molar-refractivity contribution < 1.29 is 13.5 Å². The van der Waals surface area contributed by atoms with Crippen LogP contribution in [0.25, 0.3) is 0 Å². The maximum atomic E-state index is 11.5. The van der Waals surface area contributed by atoms with Crippen molar-refractivity contribution >= 4 is 0 Å². The van der Waals surface area contributed by atoms with Gasteiger partial charge in [-0.25, -0.2) is 5.32 Å². The molecule has 0 bridgehead atoms. The van der Waals surface area contributed by atoms with E-state index in [1.807, 2.05) is 0 Å². The number of hydrogen-bond acceptors (Lipinski definition) is 2. The van der Waals surface area contributed by atoms with Crippen molar-refractivity contribution in [1.82, 2.24) is 5.32 Å². The summed E-state index contributed by atoms with van der Waals surface area (Å²) < 4.78 is 26.7. The third kappa shape index (κ3) is 2.47. The van der Waals surface area contributed by atoms with E-state index in [9.17, 15) is 8.78 Å². The Morgan fingerprint density at radius 3 is 2.00 bits per heavy atom. The van der Waals surface area contributed by atoms with Gasteiger partial charge >= 0.3 is 6.23 Å². The predicted octanol–water partition coefficient (Wildman–Crippen LogP) is 0.402. The molecule has 0 unspecified atom stereocenters. The highest BCUT2D eigenvalue weighted by Gasteiger charge is 2.23. The average Bonchev–Trinajstić information content (AvgIpc) is 1.68. The number of nitrogens with one attached hydrogen (secondary N) is 1. The first kappa shape index (κ1) is 6.78. The van der Waals surface area contributed by atoms with Crippen LogP contribution in [-0.4, -0.2) is 20.4 Å². The maximum Gasteiger partial charge on any atom is 0.421 e. The molecule has 0 aromatic rings. The fraction of sp³-hybridized carbons (Fsp3) is 1.00. The van der Waals surface area contributed by atoms with Crippen molar-refractivity contribution in [3.05, 3.63) is 0 Å². The molecule has 7 heavy (non-hydrogen) atoms. The van der Waals surface area contributed by atoms with Crippen molar-refractivity contribution in [2.45, 2.75) is 6.23 Å². The van der Waals surface area contributed by atoms with Gasteiger partial charge in [-0.3, -0.25) is 0 Å². The van der Waals surface area contributed by atoms with Gasteiger partial charge in [0.2, 0.25) is 0 Å². The third-order valence-electron chi connectivity index (χ3n) is 0.547. The fourth-order valence-electron chi connectivity index (χ4n) is 0.102. The van der Waals surface area contributed by atoms with Crippen molar-refractivity contribution in [3.8, 4) is 0 Å². The Morgan fingerprint density at radius 2 is 2.00 bits per heavy atom. The van der Waals surface area contributed by atoms with Gasteiger partial charge in [0.25, 0.3) is 0 Å². The molecule has 0 aliphatic rings. The zero-order valence-electron chi connectivity index (χ0n) is 4.16. The predicted molar refractivity (Wildman–Crippen MR) is 21.0 cm³/mol. The van der Waals surface area contributed by atoms with Crippen molar-refractivity contribution in [3.63, 3.8) is 0 Å². The summed E-state index contributed by atoms with van der Waals surface area (Å²) in [4.78, 5) is 0. The third-order valence-corrected chi connectivity index (χ3v) is 0.547. The first-order valence-corrected chi connectivity index (χ1v) is 1.74. The Bertz CT molecular complexity index is 50.9. The van der Waals surface area contributed by atoms with E-state index in [0.29, 0.717) is 0 Å². The molecule has 0 aliphatic heterocycles. The van der Waals surface area contributed by atoms with Crippen LogP contribution in [0.5, 0.6) is 0 Å². The molecule has 0 heterocycles. The molecule has 2 nitrogen and oxygen atoms in total. The molecule has 0 fully saturated rings. The Kier molecular flexibility index (Phi) is 2.11. The first-order valence-electron chi connectivity index (χ1n) is 1.74. The maximum absolute atomic E-state index is 11.5. The number of alkyl halides is 2. The van der Waals surface area contributed by atoms with Crippen LogP contribution in [0.15, 0.2) is 0 Å². The fourth-order valence-corrected chi connectivity index (χ4v) is 0.102. The summed E-state index contributed by atoms with van der Waals surface area (Å²) in [7, 11) is 2.04. The molecular weight excluding hydrogens is 104 g/mol. The Labute approximate surface area is 40.5 Å². The molecule has 0 spiro atoms. The Hall–Kier alpha value is -0.220. The Morgan fingerprint density at radius 1 is 1.57 bits per heavy atom. The normalized spacial score (nSPS) is 12.0. The molecule has 0 atom stereocenters. The van der Waals surface area contributed by atoms with Gasteiger partial charge < -0.3 is 4.74 Å². The van der Waals surface area contributed by atoms with E-state index in [1.54, 1.807) is 5.32 Å². The van der Waals surface area contributed by atoms with E-state index >= 15 is 0 Å². The number of halogens is 2. The topological polar surface area (TPSA) is 21.3 Å². The zero-order chi connectivity index (χ0) is 5.91. The first-order chi connectivity index (χ1) is 3.12. The van der Waals surface area contributed by atoms with Gasteiger partial charge in [0, 0.05) is 7.11 Å². The molecule has 4 heteroatoms. The van der Waals surface area contributed by atoms with E-state index in [2.05, 4.69) is 4.74 Å². The molecule has 0 aliphatic carbocycles. The molecule has 0 rings (SSSR count). The monoisotopic (exact) mass is 111 g/mol. The summed E-state index contributed by atoms with van der Waals surface area (Å²) in [6.07, 6.45) is -3.17. The molecule has 0 saturated heterocycles. The van der Waals surface area contributed by atoms with Crippen LogP contribution in [0.1, 0.15) is 0 Å². The minimum absolute atomic E-state index is 0.927. The Balaban J connectivity index is 3.36. The van der Waals surface area contributed by atoms with E-state index in [1.165, 1.54) is 0 Å². The number of methoxy groups -OCH3 is 1. The molecule has 0 radical (unpaired) electrons. The highest BCUT2D eigenvalue weighted by molar-refractivity contribution is 4.36. The lowest BCUT2D eigenvalue weighted by Gasteiger charge is -2.09. The zero-order valence-corrected chi connectivity index (χ0v) is 4.16.